The fourth-order valence-corrected chi connectivity index (χ4v) is 16.4. The zero-order chi connectivity index (χ0) is 36.5. The molecule has 0 heteroatoms. The minimum Gasteiger partial charge on any atom is -0.103 e. The Morgan fingerprint density at radius 1 is 0.714 bits per heavy atom. The van der Waals surface area contributed by atoms with Crippen molar-refractivity contribution in [2.24, 2.45) is 66.0 Å². The van der Waals surface area contributed by atoms with Crippen molar-refractivity contribution >= 4 is 0 Å². The average Bonchev–Trinajstić information content (AvgIpc) is 3.37. The van der Waals surface area contributed by atoms with Crippen LogP contribution in [0.4, 0.5) is 0 Å². The molecule has 0 aromatic rings. The van der Waals surface area contributed by atoms with E-state index in [1.54, 1.807) is 11.1 Å². The van der Waals surface area contributed by atoms with Crippen LogP contribution < -0.4 is 0 Å². The smallest absolute Gasteiger partial charge is 0.000915 e. The molecule has 0 aromatic heterocycles. The van der Waals surface area contributed by atoms with Crippen molar-refractivity contribution in [1.29, 1.82) is 0 Å². The molecular formula is C49H76. The van der Waals surface area contributed by atoms with Crippen LogP contribution in [-0.4, -0.2) is 0 Å². The molecule has 10 atom stereocenters. The van der Waals surface area contributed by atoms with Crippen LogP contribution in [0.1, 0.15) is 167 Å². The molecule has 0 aromatic carbocycles. The van der Waals surface area contributed by atoms with Crippen molar-refractivity contribution in [2.75, 3.05) is 0 Å². The highest BCUT2D eigenvalue weighted by Crippen LogP contribution is 2.89. The Morgan fingerprint density at radius 2 is 1.27 bits per heavy atom. The van der Waals surface area contributed by atoms with E-state index < -0.39 is 0 Å². The highest BCUT2D eigenvalue weighted by molar-refractivity contribution is 5.45. The molecule has 4 saturated carbocycles. The summed E-state index contributed by atoms with van der Waals surface area (Å²) in [6, 6.07) is 0. The highest BCUT2D eigenvalue weighted by atomic mass is 14.9. The van der Waals surface area contributed by atoms with Crippen LogP contribution in [0.2, 0.25) is 0 Å². The van der Waals surface area contributed by atoms with Gasteiger partial charge in [0.1, 0.15) is 0 Å². The van der Waals surface area contributed by atoms with E-state index in [1.165, 1.54) is 81.8 Å². The first kappa shape index (κ1) is 37.2. The Labute approximate surface area is 304 Å². The summed E-state index contributed by atoms with van der Waals surface area (Å²) in [6.07, 6.45) is 26.0. The lowest BCUT2D eigenvalue weighted by Crippen LogP contribution is -2.76. The van der Waals surface area contributed by atoms with E-state index in [-0.39, 0.29) is 54.1 Å². The lowest BCUT2D eigenvalue weighted by molar-refractivity contribution is -0.337. The van der Waals surface area contributed by atoms with Gasteiger partial charge in [0, 0.05) is 5.41 Å². The molecule has 0 unspecified atom stereocenters. The van der Waals surface area contributed by atoms with E-state index in [2.05, 4.69) is 127 Å². The van der Waals surface area contributed by atoms with Gasteiger partial charge in [0.05, 0.1) is 0 Å². The Bertz CT molecular complexity index is 1510. The standard InChI is InChI=1S/C49H76/c1-17-23-48(35(5)6)25-19-37(20-26-48)39-21-24-42(11)41(10,40(39,8)9)28-29-44(13)43(42,12)30-31-46(15)45(44,14)32-33-49(36(7)18-2)27-22-38(34(3)4)47(46,49)16/h17-19,21,34,38H,1-2,5,7,20,22-33H2,3-4,6,8-16H3/t38-,41-,42-,43+,44+,45-,46-,47+,48-,49+/m0/s1. The maximum absolute atomic E-state index is 4.80. The van der Waals surface area contributed by atoms with E-state index in [0.717, 1.165) is 18.8 Å². The van der Waals surface area contributed by atoms with Gasteiger partial charge in [-0.15, -0.1) is 6.58 Å². The summed E-state index contributed by atoms with van der Waals surface area (Å²) < 4.78 is 0. The van der Waals surface area contributed by atoms with Gasteiger partial charge in [0.2, 0.25) is 0 Å². The highest BCUT2D eigenvalue weighted by Gasteiger charge is 2.82. The van der Waals surface area contributed by atoms with Crippen molar-refractivity contribution in [2.45, 2.75) is 167 Å². The van der Waals surface area contributed by atoms with E-state index >= 15 is 0 Å². The zero-order valence-corrected chi connectivity index (χ0v) is 34.5. The van der Waals surface area contributed by atoms with Gasteiger partial charge in [0.15, 0.2) is 0 Å². The summed E-state index contributed by atoms with van der Waals surface area (Å²) in [5, 5.41) is 0. The van der Waals surface area contributed by atoms with Crippen molar-refractivity contribution in [3.63, 3.8) is 0 Å². The molecule has 272 valence electrons. The lowest BCUT2D eigenvalue weighted by Gasteiger charge is -2.83. The number of hydrogen-bond acceptors (Lipinski definition) is 0. The maximum atomic E-state index is 4.80. The Kier molecular flexibility index (Phi) is 8.34. The van der Waals surface area contributed by atoms with E-state index in [0.29, 0.717) is 5.92 Å². The maximum Gasteiger partial charge on any atom is 0.000915 e. The van der Waals surface area contributed by atoms with E-state index in [1.807, 2.05) is 0 Å². The number of fused-ring (bicyclic) bond motifs is 7. The normalized spacial score (nSPS) is 50.2. The molecule has 0 radical (unpaired) electrons. The SMILES string of the molecule is C=CC[C@]1(C(=C)C)CC=C(C2=CC[C@]3(C)[C@@]4(C)CC[C@@]5(C)[C@@](C)(CC[C@@]6(C(=C)C=C)CC[C@@H](C(C)C)[C@@]65C)[C@]4(C)CC[C@@]3(C)C2(C)C)CC1. The molecule has 49 heavy (non-hydrogen) atoms. The molecule has 0 heterocycles. The minimum absolute atomic E-state index is 0.114. The third kappa shape index (κ3) is 3.90. The number of rotatable bonds is 7. The third-order valence-electron chi connectivity index (χ3n) is 21.0. The second-order valence-corrected chi connectivity index (χ2v) is 21.3. The van der Waals surface area contributed by atoms with Gasteiger partial charge < -0.3 is 0 Å². The topological polar surface area (TPSA) is 0 Å². The van der Waals surface area contributed by atoms with Crippen LogP contribution in [-0.2, 0) is 0 Å². The molecule has 6 rings (SSSR count). The van der Waals surface area contributed by atoms with Crippen LogP contribution in [0, 0.1) is 66.0 Å². The largest absolute Gasteiger partial charge is 0.103 e. The number of allylic oxidation sites excluding steroid dienone is 8. The van der Waals surface area contributed by atoms with Crippen LogP contribution in [0.15, 0.2) is 72.9 Å². The quantitative estimate of drug-likeness (QED) is 0.188. The van der Waals surface area contributed by atoms with Gasteiger partial charge in [-0.25, -0.2) is 0 Å². The molecule has 0 N–H and O–H groups in total. The molecule has 0 bridgehead atoms. The molecule has 4 fully saturated rings. The molecule has 0 aliphatic heterocycles. The van der Waals surface area contributed by atoms with Gasteiger partial charge in [-0.1, -0.05) is 126 Å². The van der Waals surface area contributed by atoms with Gasteiger partial charge in [0.25, 0.3) is 0 Å². The van der Waals surface area contributed by atoms with Crippen LogP contribution in [0.5, 0.6) is 0 Å². The summed E-state index contributed by atoms with van der Waals surface area (Å²) in [7, 11) is 0. The fraction of sp³-hybridized carbons (Fsp3) is 0.755. The van der Waals surface area contributed by atoms with Gasteiger partial charge in [-0.3, -0.25) is 0 Å². The van der Waals surface area contributed by atoms with E-state index in [4.69, 9.17) is 6.58 Å². The number of hydrogen-bond donors (Lipinski definition) is 0. The molecule has 0 amide bonds. The average molecular weight is 665 g/mol. The second kappa shape index (κ2) is 11.0. The van der Waals surface area contributed by atoms with Crippen molar-refractivity contribution < 1.29 is 0 Å². The monoisotopic (exact) mass is 665 g/mol. The fourth-order valence-electron chi connectivity index (χ4n) is 16.4. The van der Waals surface area contributed by atoms with E-state index in [9.17, 15) is 0 Å². The molecule has 6 aliphatic carbocycles. The van der Waals surface area contributed by atoms with Crippen molar-refractivity contribution in [1.82, 2.24) is 0 Å². The van der Waals surface area contributed by atoms with Gasteiger partial charge in [-0.2, -0.15) is 0 Å². The first-order valence-electron chi connectivity index (χ1n) is 20.5. The lowest BCUT2D eigenvalue weighted by atomic mass is 9.21. The Hall–Kier alpha value is -1.56. The van der Waals surface area contributed by atoms with Crippen LogP contribution in [0.25, 0.3) is 0 Å². The van der Waals surface area contributed by atoms with Crippen molar-refractivity contribution in [3.05, 3.63) is 72.9 Å². The predicted molar refractivity (Wildman–Crippen MR) is 214 cm³/mol. The molecular weight excluding hydrogens is 589 g/mol. The summed E-state index contributed by atoms with van der Waals surface area (Å²) in [5.41, 5.74) is 8.13. The van der Waals surface area contributed by atoms with Gasteiger partial charge in [-0.05, 0) is 168 Å². The molecule has 0 nitrogen and oxygen atoms in total. The summed E-state index contributed by atoms with van der Waals surface area (Å²) in [5.74, 6) is 1.41. The molecule has 0 saturated heterocycles. The summed E-state index contributed by atoms with van der Waals surface area (Å²) in [4.78, 5) is 0. The third-order valence-corrected chi connectivity index (χ3v) is 21.0. The molecule has 0 spiro atoms. The first-order chi connectivity index (χ1) is 22.6. The Morgan fingerprint density at radius 3 is 1.80 bits per heavy atom. The Balaban J connectivity index is 1.45. The molecule has 6 aliphatic rings. The minimum atomic E-state index is 0.114. The van der Waals surface area contributed by atoms with Gasteiger partial charge >= 0.3 is 0 Å². The second-order valence-electron chi connectivity index (χ2n) is 21.3. The zero-order valence-electron chi connectivity index (χ0n) is 34.5. The predicted octanol–water partition coefficient (Wildman–Crippen LogP) is 14.8. The summed E-state index contributed by atoms with van der Waals surface area (Å²) in [6.45, 7) is 49.8. The first-order valence-corrected chi connectivity index (χ1v) is 20.5. The van der Waals surface area contributed by atoms with Crippen molar-refractivity contribution in [3.8, 4) is 0 Å². The van der Waals surface area contributed by atoms with Crippen LogP contribution >= 0.6 is 0 Å². The summed E-state index contributed by atoms with van der Waals surface area (Å²) >= 11 is 0. The van der Waals surface area contributed by atoms with Crippen LogP contribution in [0.3, 0.4) is 0 Å².